The first-order valence-corrected chi connectivity index (χ1v) is 6.74. The molecule has 0 aliphatic rings. The van der Waals surface area contributed by atoms with Crippen molar-refractivity contribution in [3.05, 3.63) is 65.2 Å². The quantitative estimate of drug-likeness (QED) is 0.532. The molecule has 0 aliphatic carbocycles. The molecule has 0 radical (unpaired) electrons. The number of rotatable bonds is 1. The first-order valence-electron chi connectivity index (χ1n) is 5.51. The van der Waals surface area contributed by atoms with Gasteiger partial charge in [-0.25, -0.2) is 0 Å². The van der Waals surface area contributed by atoms with Gasteiger partial charge in [-0.15, -0.1) is 11.8 Å². The van der Waals surface area contributed by atoms with Gasteiger partial charge in [-0.3, -0.25) is 0 Å². The minimum absolute atomic E-state index is 1.06. The highest BCUT2D eigenvalue weighted by Crippen LogP contribution is 2.14. The summed E-state index contributed by atoms with van der Waals surface area (Å²) in [4.78, 5) is 1.27. The highest BCUT2D eigenvalue weighted by Gasteiger charge is 1.92. The monoisotopic (exact) mass is 238 g/mol. The van der Waals surface area contributed by atoms with E-state index >= 15 is 0 Å². The van der Waals surface area contributed by atoms with E-state index in [9.17, 15) is 0 Å². The molecule has 0 atom stereocenters. The average Bonchev–Trinajstić information content (AvgIpc) is 2.38. The third-order valence-corrected chi connectivity index (χ3v) is 3.32. The fourth-order valence-corrected chi connectivity index (χ4v) is 1.94. The first-order chi connectivity index (χ1) is 8.29. The van der Waals surface area contributed by atoms with Crippen molar-refractivity contribution in [2.75, 3.05) is 6.26 Å². The van der Waals surface area contributed by atoms with E-state index in [0.29, 0.717) is 0 Å². The van der Waals surface area contributed by atoms with Crippen LogP contribution in [0.1, 0.15) is 16.7 Å². The summed E-state index contributed by atoms with van der Waals surface area (Å²) in [6.45, 7) is 2.08. The Balaban J connectivity index is 2.24. The molecular formula is C16H14S. The highest BCUT2D eigenvalue weighted by molar-refractivity contribution is 7.98. The van der Waals surface area contributed by atoms with E-state index in [1.807, 2.05) is 12.1 Å². The molecule has 0 nitrogen and oxygen atoms in total. The van der Waals surface area contributed by atoms with Crippen molar-refractivity contribution in [1.82, 2.24) is 0 Å². The summed E-state index contributed by atoms with van der Waals surface area (Å²) < 4.78 is 0. The van der Waals surface area contributed by atoms with Gasteiger partial charge >= 0.3 is 0 Å². The Labute approximate surface area is 107 Å². The van der Waals surface area contributed by atoms with Crippen LogP contribution in [0, 0.1) is 18.8 Å². The second kappa shape index (κ2) is 5.61. The minimum Gasteiger partial charge on any atom is -0.130 e. The van der Waals surface area contributed by atoms with Crippen molar-refractivity contribution in [2.24, 2.45) is 0 Å². The van der Waals surface area contributed by atoms with Crippen molar-refractivity contribution in [1.29, 1.82) is 0 Å². The van der Waals surface area contributed by atoms with Gasteiger partial charge in [-0.05, 0) is 49.1 Å². The molecule has 2 rings (SSSR count). The van der Waals surface area contributed by atoms with E-state index < -0.39 is 0 Å². The third-order valence-electron chi connectivity index (χ3n) is 2.58. The lowest BCUT2D eigenvalue weighted by molar-refractivity contribution is 1.43. The normalized spacial score (nSPS) is 9.53. The Bertz CT molecular complexity index is 556. The van der Waals surface area contributed by atoms with Gasteiger partial charge in [-0.1, -0.05) is 30.0 Å². The smallest absolute Gasteiger partial charge is 0.0278 e. The molecule has 0 saturated carbocycles. The summed E-state index contributed by atoms with van der Waals surface area (Å²) >= 11 is 1.75. The van der Waals surface area contributed by atoms with Gasteiger partial charge in [0.25, 0.3) is 0 Å². The first kappa shape index (κ1) is 11.8. The van der Waals surface area contributed by atoms with Crippen LogP contribution in [0.5, 0.6) is 0 Å². The van der Waals surface area contributed by atoms with Gasteiger partial charge in [0, 0.05) is 16.0 Å². The predicted molar refractivity (Wildman–Crippen MR) is 75.4 cm³/mol. The molecule has 0 fully saturated rings. The molecule has 0 N–H and O–H groups in total. The van der Waals surface area contributed by atoms with E-state index in [1.165, 1.54) is 10.5 Å². The Hall–Kier alpha value is -1.65. The molecule has 0 saturated heterocycles. The van der Waals surface area contributed by atoms with Crippen LogP contribution in [0.15, 0.2) is 53.4 Å². The van der Waals surface area contributed by atoms with Crippen molar-refractivity contribution in [2.45, 2.75) is 11.8 Å². The largest absolute Gasteiger partial charge is 0.130 e. The molecule has 0 bridgehead atoms. The van der Waals surface area contributed by atoms with Crippen molar-refractivity contribution < 1.29 is 0 Å². The summed E-state index contributed by atoms with van der Waals surface area (Å²) in [5, 5.41) is 0. The Morgan fingerprint density at radius 3 is 2.24 bits per heavy atom. The van der Waals surface area contributed by atoms with E-state index in [0.717, 1.165) is 11.1 Å². The standard InChI is InChI=1S/C16H14S/c1-13-5-3-4-6-15(13)10-7-14-8-11-16(17-2)12-9-14/h3-6,8-9,11-12H,1-2H3. The summed E-state index contributed by atoms with van der Waals surface area (Å²) in [7, 11) is 0. The zero-order valence-electron chi connectivity index (χ0n) is 10.0. The molecule has 84 valence electrons. The molecule has 1 heteroatoms. The van der Waals surface area contributed by atoms with Crippen molar-refractivity contribution >= 4 is 11.8 Å². The predicted octanol–water partition coefficient (Wildman–Crippen LogP) is 4.12. The average molecular weight is 238 g/mol. The number of hydrogen-bond donors (Lipinski definition) is 0. The minimum atomic E-state index is 1.06. The van der Waals surface area contributed by atoms with E-state index in [2.05, 4.69) is 61.4 Å². The maximum atomic E-state index is 3.21. The van der Waals surface area contributed by atoms with Gasteiger partial charge in [0.05, 0.1) is 0 Å². The summed E-state index contributed by atoms with van der Waals surface area (Å²) in [6, 6.07) is 16.5. The molecule has 0 unspecified atom stereocenters. The molecule has 0 amide bonds. The zero-order chi connectivity index (χ0) is 12.1. The number of hydrogen-bond acceptors (Lipinski definition) is 1. The number of thioether (sulfide) groups is 1. The van der Waals surface area contributed by atoms with Gasteiger partial charge in [0.15, 0.2) is 0 Å². The van der Waals surface area contributed by atoms with Crippen molar-refractivity contribution in [3.63, 3.8) is 0 Å². The number of benzene rings is 2. The van der Waals surface area contributed by atoms with Crippen LogP contribution in [0.4, 0.5) is 0 Å². The van der Waals surface area contributed by atoms with Crippen LogP contribution in [0.25, 0.3) is 0 Å². The molecule has 0 aromatic heterocycles. The van der Waals surface area contributed by atoms with Crippen LogP contribution in [0.2, 0.25) is 0 Å². The molecule has 17 heavy (non-hydrogen) atoms. The Morgan fingerprint density at radius 2 is 1.59 bits per heavy atom. The lowest BCUT2D eigenvalue weighted by Crippen LogP contribution is -1.80. The molecule has 0 heterocycles. The van der Waals surface area contributed by atoms with Crippen LogP contribution >= 0.6 is 11.8 Å². The topological polar surface area (TPSA) is 0 Å². The second-order valence-electron chi connectivity index (χ2n) is 3.79. The van der Waals surface area contributed by atoms with E-state index in [1.54, 1.807) is 11.8 Å². The summed E-state index contributed by atoms with van der Waals surface area (Å²) in [5.74, 6) is 6.40. The second-order valence-corrected chi connectivity index (χ2v) is 4.67. The van der Waals surface area contributed by atoms with E-state index in [4.69, 9.17) is 0 Å². The Kier molecular flexibility index (Phi) is 3.90. The maximum absolute atomic E-state index is 3.21. The van der Waals surface area contributed by atoms with Gasteiger partial charge < -0.3 is 0 Å². The molecule has 2 aromatic carbocycles. The van der Waals surface area contributed by atoms with E-state index in [-0.39, 0.29) is 0 Å². The summed E-state index contributed by atoms with van der Waals surface area (Å²) in [6.07, 6.45) is 2.08. The van der Waals surface area contributed by atoms with Gasteiger partial charge in [0.1, 0.15) is 0 Å². The number of aryl methyl sites for hydroxylation is 1. The lowest BCUT2D eigenvalue weighted by atomic mass is 10.1. The van der Waals surface area contributed by atoms with Crippen LogP contribution in [-0.2, 0) is 0 Å². The SMILES string of the molecule is CSc1ccc(C#Cc2ccccc2C)cc1. The maximum Gasteiger partial charge on any atom is 0.0278 e. The van der Waals surface area contributed by atoms with Crippen LogP contribution in [-0.4, -0.2) is 6.26 Å². The zero-order valence-corrected chi connectivity index (χ0v) is 10.8. The van der Waals surface area contributed by atoms with Gasteiger partial charge in [0.2, 0.25) is 0 Å². The molecule has 0 aliphatic heterocycles. The van der Waals surface area contributed by atoms with Crippen LogP contribution < -0.4 is 0 Å². The molecule has 2 aromatic rings. The highest BCUT2D eigenvalue weighted by atomic mass is 32.2. The lowest BCUT2D eigenvalue weighted by Gasteiger charge is -1.96. The van der Waals surface area contributed by atoms with Gasteiger partial charge in [-0.2, -0.15) is 0 Å². The fourth-order valence-electron chi connectivity index (χ4n) is 1.53. The fraction of sp³-hybridized carbons (Fsp3) is 0.125. The van der Waals surface area contributed by atoms with Crippen LogP contribution in [0.3, 0.4) is 0 Å². The third kappa shape index (κ3) is 3.15. The summed E-state index contributed by atoms with van der Waals surface area (Å²) in [5.41, 5.74) is 3.38. The molecular weight excluding hydrogens is 224 g/mol. The molecule has 0 spiro atoms. The Morgan fingerprint density at radius 1 is 0.882 bits per heavy atom. The van der Waals surface area contributed by atoms with Crippen molar-refractivity contribution in [3.8, 4) is 11.8 Å².